The molecule has 8 atom stereocenters. The number of hydrogen-bond donors (Lipinski definition) is 2. The Hall–Kier alpha value is -4.20. The molecule has 13 nitrogen and oxygen atoms in total. The molecule has 2 N–H and O–H groups in total. The van der Waals surface area contributed by atoms with Gasteiger partial charge >= 0.3 is 17.9 Å². The number of cyclic esters (lactones) is 2. The Kier molecular flexibility index (Phi) is 12.2. The minimum Gasteiger partial charge on any atom is -0.495 e. The van der Waals surface area contributed by atoms with Gasteiger partial charge in [0.2, 0.25) is 5.91 Å². The molecule has 3 heterocycles. The topological polar surface area (TPSA) is 171 Å². The Morgan fingerprint density at radius 3 is 2.31 bits per heavy atom. The Balaban J connectivity index is 1.39. The second kappa shape index (κ2) is 16.2. The van der Waals surface area contributed by atoms with Crippen LogP contribution in [0.4, 0.5) is 0 Å². The monoisotopic (exact) mass is 742 g/mol. The zero-order valence-corrected chi connectivity index (χ0v) is 31.2. The van der Waals surface area contributed by atoms with Crippen molar-refractivity contribution in [3.63, 3.8) is 0 Å². The van der Waals surface area contributed by atoms with E-state index >= 15 is 0 Å². The molecule has 0 spiro atoms. The van der Waals surface area contributed by atoms with Crippen molar-refractivity contribution in [1.82, 2.24) is 10.6 Å². The number of fused-ring (bicyclic) bond motifs is 1. The highest BCUT2D eigenvalue weighted by Crippen LogP contribution is 2.46. The maximum absolute atomic E-state index is 13.8. The van der Waals surface area contributed by atoms with E-state index in [1.807, 2.05) is 20.8 Å². The summed E-state index contributed by atoms with van der Waals surface area (Å²) in [7, 11) is 2.81. The lowest BCUT2D eigenvalue weighted by molar-refractivity contribution is -0.179. The average Bonchev–Trinajstić information content (AvgIpc) is 4.04. The van der Waals surface area contributed by atoms with Crippen LogP contribution in [0.5, 0.6) is 5.75 Å². The lowest BCUT2D eigenvalue weighted by Gasteiger charge is -2.29. The van der Waals surface area contributed by atoms with Gasteiger partial charge in [0.05, 0.1) is 42.4 Å². The van der Waals surface area contributed by atoms with E-state index in [9.17, 15) is 24.0 Å². The largest absolute Gasteiger partial charge is 0.495 e. The van der Waals surface area contributed by atoms with Crippen LogP contribution in [-0.2, 0) is 49.3 Å². The number of esters is 3. The molecule has 0 radical (unpaired) electrons. The van der Waals surface area contributed by atoms with Crippen LogP contribution in [0.2, 0.25) is 5.02 Å². The van der Waals surface area contributed by atoms with Crippen molar-refractivity contribution in [1.29, 1.82) is 0 Å². The summed E-state index contributed by atoms with van der Waals surface area (Å²) < 4.78 is 33.8. The van der Waals surface area contributed by atoms with Gasteiger partial charge in [-0.1, -0.05) is 50.6 Å². The summed E-state index contributed by atoms with van der Waals surface area (Å²) in [6, 6.07) is 10.9. The van der Waals surface area contributed by atoms with Crippen LogP contribution in [0.25, 0.3) is 0 Å². The van der Waals surface area contributed by atoms with Crippen molar-refractivity contribution in [3.8, 4) is 5.75 Å². The van der Waals surface area contributed by atoms with Gasteiger partial charge in [-0.25, -0.2) is 9.59 Å². The molecule has 2 amide bonds. The molecule has 0 bridgehead atoms. The zero-order valence-electron chi connectivity index (χ0n) is 30.4. The van der Waals surface area contributed by atoms with Gasteiger partial charge in [0, 0.05) is 25.3 Å². The van der Waals surface area contributed by atoms with Crippen LogP contribution < -0.4 is 15.4 Å². The van der Waals surface area contributed by atoms with Gasteiger partial charge in [-0.3, -0.25) is 14.4 Å². The van der Waals surface area contributed by atoms with Gasteiger partial charge in [0.1, 0.15) is 24.0 Å². The summed E-state index contributed by atoms with van der Waals surface area (Å²) in [5.41, 5.74) is 0.666. The number of ether oxygens (including phenoxy) is 6. The fraction of sp³-hybridized carbons (Fsp3) is 0.553. The van der Waals surface area contributed by atoms with E-state index in [0.717, 1.165) is 5.56 Å². The highest BCUT2D eigenvalue weighted by Gasteiger charge is 2.53. The first kappa shape index (κ1) is 39.0. The molecule has 3 saturated heterocycles. The molecule has 2 aromatic carbocycles. The molecule has 5 rings (SSSR count). The van der Waals surface area contributed by atoms with Gasteiger partial charge in [0.15, 0.2) is 12.2 Å². The fourth-order valence-corrected chi connectivity index (χ4v) is 6.54. The predicted octanol–water partition coefficient (Wildman–Crippen LogP) is 4.12. The second-order valence-electron chi connectivity index (χ2n) is 14.7. The van der Waals surface area contributed by atoms with E-state index in [1.165, 1.54) is 14.2 Å². The third-order valence-corrected chi connectivity index (χ3v) is 9.90. The Bertz CT molecular complexity index is 1660. The molecular weight excluding hydrogens is 696 g/mol. The molecule has 0 aromatic heterocycles. The van der Waals surface area contributed by atoms with Gasteiger partial charge in [0.25, 0.3) is 5.91 Å². The number of halogens is 1. The lowest BCUT2D eigenvalue weighted by Crippen LogP contribution is -2.52. The molecule has 0 saturated carbocycles. The van der Waals surface area contributed by atoms with Crippen molar-refractivity contribution in [2.75, 3.05) is 20.8 Å². The van der Waals surface area contributed by atoms with Crippen LogP contribution in [-0.4, -0.2) is 87.0 Å². The first-order chi connectivity index (χ1) is 24.6. The standard InChI is InChI=1S/C38H47ClN2O11/c1-19(2)14-29-36(45)50-27(20(3)30-31(52-30)22-9-11-23(12-10-22)35(44)48-7)17-28-32(49-28)34(43)41-25(16-21-8-13-26(47-6)24(39)15-21)33(42)40-18-38(4,5)37(46)51-29/h8-13,15,19-20,25,27-32H,14,16-18H2,1-7H3,(H,40,42)(H,41,43)/t20-,25+,27-,28?,29-,30?,31?,32?/m0/s1. The van der Waals surface area contributed by atoms with Crippen LogP contribution in [0.15, 0.2) is 42.5 Å². The van der Waals surface area contributed by atoms with Crippen LogP contribution in [0.3, 0.4) is 0 Å². The van der Waals surface area contributed by atoms with Crippen LogP contribution >= 0.6 is 11.6 Å². The highest BCUT2D eigenvalue weighted by molar-refractivity contribution is 6.32. The quantitative estimate of drug-likeness (QED) is 0.215. The molecule has 14 heteroatoms. The Labute approximate surface area is 308 Å². The Morgan fingerprint density at radius 2 is 1.67 bits per heavy atom. The van der Waals surface area contributed by atoms with Crippen molar-refractivity contribution < 1.29 is 52.4 Å². The van der Waals surface area contributed by atoms with E-state index in [0.29, 0.717) is 21.9 Å². The zero-order chi connectivity index (χ0) is 37.9. The molecule has 2 aromatic rings. The molecule has 3 aliphatic heterocycles. The highest BCUT2D eigenvalue weighted by atomic mass is 35.5. The van der Waals surface area contributed by atoms with E-state index < -0.39 is 65.6 Å². The third kappa shape index (κ3) is 9.42. The molecule has 0 aliphatic carbocycles. The number of nitrogens with one attached hydrogen (secondary N) is 2. The van der Waals surface area contributed by atoms with Gasteiger partial charge in [-0.05, 0) is 61.6 Å². The third-order valence-electron chi connectivity index (χ3n) is 9.61. The Morgan fingerprint density at radius 1 is 0.962 bits per heavy atom. The average molecular weight is 743 g/mol. The summed E-state index contributed by atoms with van der Waals surface area (Å²) in [4.78, 5) is 66.3. The van der Waals surface area contributed by atoms with E-state index in [1.54, 1.807) is 56.3 Å². The normalized spacial score (nSPS) is 28.4. The summed E-state index contributed by atoms with van der Waals surface area (Å²) in [5, 5.41) is 5.93. The van der Waals surface area contributed by atoms with Gasteiger partial charge in [-0.2, -0.15) is 0 Å². The predicted molar refractivity (Wildman–Crippen MR) is 187 cm³/mol. The number of carbonyl (C=O) groups excluding carboxylic acids is 5. The lowest BCUT2D eigenvalue weighted by atomic mass is 9.92. The van der Waals surface area contributed by atoms with E-state index in [4.69, 9.17) is 40.0 Å². The number of hydrogen-bond acceptors (Lipinski definition) is 11. The number of epoxide rings is 2. The first-order valence-corrected chi connectivity index (χ1v) is 17.8. The maximum Gasteiger partial charge on any atom is 0.347 e. The van der Waals surface area contributed by atoms with Gasteiger partial charge in [-0.15, -0.1) is 0 Å². The first-order valence-electron chi connectivity index (χ1n) is 17.4. The second-order valence-corrected chi connectivity index (χ2v) is 15.1. The van der Waals surface area contributed by atoms with Crippen molar-refractivity contribution in [2.45, 2.75) is 96.5 Å². The number of amides is 2. The van der Waals surface area contributed by atoms with Crippen LogP contribution in [0, 0.1) is 17.3 Å². The maximum atomic E-state index is 13.8. The number of rotatable bonds is 9. The summed E-state index contributed by atoms with van der Waals surface area (Å²) >= 11 is 6.34. The van der Waals surface area contributed by atoms with Crippen molar-refractivity contribution in [2.24, 2.45) is 17.3 Å². The summed E-state index contributed by atoms with van der Waals surface area (Å²) in [6.07, 6.45) is -3.72. The van der Waals surface area contributed by atoms with Crippen molar-refractivity contribution >= 4 is 41.3 Å². The minimum absolute atomic E-state index is 0.0224. The smallest absolute Gasteiger partial charge is 0.347 e. The molecular formula is C38H47ClN2O11. The molecule has 52 heavy (non-hydrogen) atoms. The van der Waals surface area contributed by atoms with E-state index in [2.05, 4.69) is 10.6 Å². The number of carbonyl (C=O) groups is 5. The molecule has 4 unspecified atom stereocenters. The fourth-order valence-electron chi connectivity index (χ4n) is 6.26. The van der Waals surface area contributed by atoms with Crippen LogP contribution in [0.1, 0.15) is 75.0 Å². The van der Waals surface area contributed by atoms with Gasteiger partial charge < -0.3 is 39.1 Å². The number of benzene rings is 2. The number of methoxy groups -OCH3 is 2. The molecule has 3 aliphatic rings. The SMILES string of the molecule is COC(=O)c1ccc(C2OC2[C@@H](C)[C@@H]2CC3OC3C(=O)N[C@H](Cc3ccc(OC)c(Cl)c3)C(=O)NCC(C)(C)C(=O)O[C@@H](CC(C)C)C(=O)O2)cc1. The molecule has 282 valence electrons. The molecule has 3 fully saturated rings. The summed E-state index contributed by atoms with van der Waals surface area (Å²) in [5.74, 6) is -2.82. The van der Waals surface area contributed by atoms with E-state index in [-0.39, 0.29) is 49.9 Å². The minimum atomic E-state index is -1.24. The van der Waals surface area contributed by atoms with Crippen molar-refractivity contribution in [3.05, 3.63) is 64.2 Å². The summed E-state index contributed by atoms with van der Waals surface area (Å²) in [6.45, 7) is 8.75.